The average Bonchev–Trinajstić information content (AvgIpc) is 2.48. The lowest BCUT2D eigenvalue weighted by molar-refractivity contribution is 0.400. The first-order chi connectivity index (χ1) is 9.49. The second-order valence-electron chi connectivity index (χ2n) is 4.44. The summed E-state index contributed by atoms with van der Waals surface area (Å²) in [5.41, 5.74) is 6.19. The van der Waals surface area contributed by atoms with Crippen LogP contribution in [0.5, 0.6) is 5.88 Å². The lowest BCUT2D eigenvalue weighted by atomic mass is 10.3. The number of hydrogen-bond donors (Lipinski definition) is 1. The van der Waals surface area contributed by atoms with E-state index in [1.165, 1.54) is 7.11 Å². The zero-order valence-corrected chi connectivity index (χ0v) is 13.2. The van der Waals surface area contributed by atoms with E-state index in [9.17, 15) is 8.42 Å². The highest BCUT2D eigenvalue weighted by atomic mass is 32.2. The van der Waals surface area contributed by atoms with E-state index < -0.39 is 15.2 Å². The van der Waals surface area contributed by atoms with Crippen LogP contribution >= 0.6 is 11.8 Å². The van der Waals surface area contributed by atoms with E-state index in [1.54, 1.807) is 30.8 Å². The van der Waals surface area contributed by atoms with Crippen molar-refractivity contribution in [3.05, 3.63) is 12.1 Å². The van der Waals surface area contributed by atoms with E-state index in [1.807, 2.05) is 4.90 Å². The van der Waals surface area contributed by atoms with E-state index in [0.717, 1.165) is 5.75 Å². The van der Waals surface area contributed by atoms with Crippen molar-refractivity contribution >= 4 is 33.1 Å². The fourth-order valence-corrected chi connectivity index (χ4v) is 5.08. The maximum absolute atomic E-state index is 12.2. The third kappa shape index (κ3) is 2.95. The Morgan fingerprint density at radius 2 is 2.30 bits per heavy atom. The van der Waals surface area contributed by atoms with Gasteiger partial charge in [-0.3, -0.25) is 0 Å². The minimum absolute atomic E-state index is 0.126. The maximum atomic E-state index is 12.2. The Kier molecular flexibility index (Phi) is 4.64. The van der Waals surface area contributed by atoms with Crippen LogP contribution in [0.4, 0.5) is 11.5 Å². The fourth-order valence-electron chi connectivity index (χ4n) is 2.10. The predicted molar refractivity (Wildman–Crippen MR) is 83.1 cm³/mol. The van der Waals surface area contributed by atoms with Crippen molar-refractivity contribution in [2.75, 3.05) is 41.5 Å². The maximum Gasteiger partial charge on any atom is 0.238 e. The first-order valence-corrected chi connectivity index (χ1v) is 9.23. The largest absolute Gasteiger partial charge is 0.479 e. The number of methoxy groups -OCH3 is 1. The topological polar surface area (TPSA) is 85.5 Å². The van der Waals surface area contributed by atoms with Gasteiger partial charge in [-0.25, -0.2) is 8.42 Å². The predicted octanol–water partition coefficient (Wildman–Crippen LogP) is 0.986. The lowest BCUT2D eigenvalue weighted by Crippen LogP contribution is -2.48. The van der Waals surface area contributed by atoms with Gasteiger partial charge in [0.25, 0.3) is 0 Å². The third-order valence-electron chi connectivity index (χ3n) is 3.26. The molecule has 0 bridgehead atoms. The Bertz CT molecular complexity index is 577. The van der Waals surface area contributed by atoms with Gasteiger partial charge in [0.05, 0.1) is 12.8 Å². The Labute approximate surface area is 123 Å². The number of anilines is 2. The summed E-state index contributed by atoms with van der Waals surface area (Å²) in [6, 6.07) is 3.44. The van der Waals surface area contributed by atoms with Crippen molar-refractivity contribution in [1.29, 1.82) is 0 Å². The van der Waals surface area contributed by atoms with Gasteiger partial charge in [-0.05, 0) is 12.1 Å². The Balaban J connectivity index is 2.38. The van der Waals surface area contributed by atoms with E-state index in [2.05, 4.69) is 4.98 Å². The van der Waals surface area contributed by atoms with Gasteiger partial charge in [-0.15, -0.1) is 0 Å². The van der Waals surface area contributed by atoms with Gasteiger partial charge >= 0.3 is 0 Å². The van der Waals surface area contributed by atoms with Crippen LogP contribution in [0.15, 0.2) is 12.1 Å². The third-order valence-corrected chi connectivity index (χ3v) is 6.55. The summed E-state index contributed by atoms with van der Waals surface area (Å²) in [5, 5.41) is -0.535. The van der Waals surface area contributed by atoms with Crippen molar-refractivity contribution in [3.63, 3.8) is 0 Å². The number of rotatable bonds is 4. The molecule has 6 nitrogen and oxygen atoms in total. The number of sulfone groups is 1. The molecule has 1 aromatic heterocycles. The van der Waals surface area contributed by atoms with Gasteiger partial charge in [0.15, 0.2) is 9.84 Å². The smallest absolute Gasteiger partial charge is 0.238 e. The van der Waals surface area contributed by atoms with Gasteiger partial charge in [-0.1, -0.05) is 6.92 Å². The number of nitrogens with zero attached hydrogens (tertiary/aromatic N) is 2. The van der Waals surface area contributed by atoms with Crippen molar-refractivity contribution in [2.45, 2.75) is 12.3 Å². The lowest BCUT2D eigenvalue weighted by Gasteiger charge is -2.35. The molecule has 8 heteroatoms. The molecule has 1 unspecified atom stereocenters. The normalized spacial score (nSPS) is 19.9. The van der Waals surface area contributed by atoms with Crippen molar-refractivity contribution in [2.24, 2.45) is 0 Å². The molecule has 1 saturated heterocycles. The molecule has 1 atom stereocenters. The molecule has 0 aliphatic carbocycles. The summed E-state index contributed by atoms with van der Waals surface area (Å²) in [5.74, 6) is 2.49. The molecule has 2 N–H and O–H groups in total. The molecule has 1 aliphatic rings. The van der Waals surface area contributed by atoms with Crippen LogP contribution < -0.4 is 15.4 Å². The molecule has 1 aliphatic heterocycles. The van der Waals surface area contributed by atoms with Gasteiger partial charge in [0.1, 0.15) is 11.2 Å². The van der Waals surface area contributed by atoms with Gasteiger partial charge in [-0.2, -0.15) is 16.7 Å². The molecule has 0 spiro atoms. The zero-order valence-electron chi connectivity index (χ0n) is 11.6. The number of aromatic nitrogens is 1. The van der Waals surface area contributed by atoms with Crippen LogP contribution in [0.1, 0.15) is 6.92 Å². The summed E-state index contributed by atoms with van der Waals surface area (Å²) < 4.78 is 29.5. The quantitative estimate of drug-likeness (QED) is 0.886. The van der Waals surface area contributed by atoms with E-state index >= 15 is 0 Å². The van der Waals surface area contributed by atoms with Crippen molar-refractivity contribution < 1.29 is 13.2 Å². The second kappa shape index (κ2) is 6.09. The average molecular weight is 317 g/mol. The molecule has 0 aromatic carbocycles. The summed E-state index contributed by atoms with van der Waals surface area (Å²) in [7, 11) is -1.66. The number of thioether (sulfide) groups is 1. The van der Waals surface area contributed by atoms with Crippen molar-refractivity contribution in [1.82, 2.24) is 4.98 Å². The van der Waals surface area contributed by atoms with Crippen LogP contribution in [0, 0.1) is 0 Å². The highest BCUT2D eigenvalue weighted by Gasteiger charge is 2.33. The van der Waals surface area contributed by atoms with Crippen molar-refractivity contribution in [3.8, 4) is 5.88 Å². The summed E-state index contributed by atoms with van der Waals surface area (Å²) in [4.78, 5) is 6.15. The number of hydrogen-bond acceptors (Lipinski definition) is 7. The first kappa shape index (κ1) is 15.2. The van der Waals surface area contributed by atoms with Crippen LogP contribution in [0.2, 0.25) is 0 Å². The molecular formula is C12H19N3O3S2. The summed E-state index contributed by atoms with van der Waals surface area (Å²) in [6.07, 6.45) is 0. The molecule has 1 aromatic rings. The minimum Gasteiger partial charge on any atom is -0.479 e. The Morgan fingerprint density at radius 3 is 2.95 bits per heavy atom. The number of nitrogen functional groups attached to an aromatic ring is 1. The van der Waals surface area contributed by atoms with E-state index in [4.69, 9.17) is 10.5 Å². The fraction of sp³-hybridized carbons (Fsp3) is 0.583. The minimum atomic E-state index is -3.16. The number of pyridine rings is 1. The first-order valence-electron chi connectivity index (χ1n) is 6.36. The summed E-state index contributed by atoms with van der Waals surface area (Å²) in [6.45, 7) is 2.32. The monoisotopic (exact) mass is 317 g/mol. The molecule has 0 amide bonds. The Hall–Kier alpha value is -1.15. The Morgan fingerprint density at radius 1 is 1.55 bits per heavy atom. The van der Waals surface area contributed by atoms with Crippen LogP contribution in [0.25, 0.3) is 0 Å². The second-order valence-corrected chi connectivity index (χ2v) is 8.04. The molecule has 1 fully saturated rings. The standard InChI is InChI=1S/C12H19N3O3S2/c1-3-20(16,17)11-8-19-7-6-15(11)10-5-4-9(13)12(14-10)18-2/h4-5,11H,3,6-8,13H2,1-2H3. The molecular weight excluding hydrogens is 298 g/mol. The summed E-state index contributed by atoms with van der Waals surface area (Å²) >= 11 is 1.65. The molecule has 20 heavy (non-hydrogen) atoms. The number of ether oxygens (including phenoxy) is 1. The van der Waals surface area contributed by atoms with Gasteiger partial charge in [0.2, 0.25) is 5.88 Å². The van der Waals surface area contributed by atoms with Gasteiger partial charge in [0, 0.05) is 23.8 Å². The van der Waals surface area contributed by atoms with Gasteiger partial charge < -0.3 is 15.4 Å². The molecule has 2 heterocycles. The molecule has 112 valence electrons. The van der Waals surface area contributed by atoms with Crippen LogP contribution in [-0.4, -0.2) is 49.7 Å². The zero-order chi connectivity index (χ0) is 14.8. The highest BCUT2D eigenvalue weighted by molar-refractivity contribution is 8.01. The van der Waals surface area contributed by atoms with Crippen LogP contribution in [0.3, 0.4) is 0 Å². The molecule has 2 rings (SSSR count). The SMILES string of the molecule is CCS(=O)(=O)C1CSCCN1c1ccc(N)c(OC)n1. The molecule has 0 saturated carbocycles. The number of nitrogens with two attached hydrogens (primary N) is 1. The molecule has 0 radical (unpaired) electrons. The highest BCUT2D eigenvalue weighted by Crippen LogP contribution is 2.29. The van der Waals surface area contributed by atoms with Crippen LogP contribution in [-0.2, 0) is 9.84 Å². The van der Waals surface area contributed by atoms with E-state index in [-0.39, 0.29) is 5.75 Å². The van der Waals surface area contributed by atoms with E-state index in [0.29, 0.717) is 29.7 Å².